The van der Waals surface area contributed by atoms with Gasteiger partial charge >= 0.3 is 0 Å². The van der Waals surface area contributed by atoms with Crippen molar-refractivity contribution in [2.75, 3.05) is 0 Å². The Bertz CT molecular complexity index is 1140. The molecule has 0 saturated heterocycles. The van der Waals surface area contributed by atoms with Crippen molar-refractivity contribution in [3.8, 4) is 22.3 Å². The van der Waals surface area contributed by atoms with Gasteiger partial charge in [-0.25, -0.2) is 0 Å². The van der Waals surface area contributed by atoms with Gasteiger partial charge in [-0.2, -0.15) is 0 Å². The van der Waals surface area contributed by atoms with Crippen LogP contribution in [0, 0.1) is 13.8 Å². The van der Waals surface area contributed by atoms with Crippen molar-refractivity contribution < 1.29 is 0 Å². The SMILES string of the molecule is Cc1c(CP(C(C)(C)C)C(C)(C)C)c(CP(C(C)(C)C)C(C)(C)C)c(C)c(-c2ccccc2)c1-c1ccccc1. The molecule has 0 atom stereocenters. The molecule has 0 amide bonds. The minimum atomic E-state index is -0.283. The summed E-state index contributed by atoms with van der Waals surface area (Å²) >= 11 is 0. The van der Waals surface area contributed by atoms with Gasteiger partial charge in [-0.15, -0.1) is 0 Å². The van der Waals surface area contributed by atoms with E-state index in [1.165, 1.54) is 45.7 Å². The number of rotatable bonds is 6. The van der Waals surface area contributed by atoms with Crippen LogP contribution in [0.4, 0.5) is 0 Å². The molecular weight excluding hydrogens is 518 g/mol. The maximum atomic E-state index is 2.47. The smallest absolute Gasteiger partial charge is 0.00579 e. The molecule has 0 spiro atoms. The molecule has 3 aromatic carbocycles. The minimum absolute atomic E-state index is 0.273. The Morgan fingerprint density at radius 2 is 0.675 bits per heavy atom. The van der Waals surface area contributed by atoms with Gasteiger partial charge in [0.2, 0.25) is 0 Å². The molecule has 0 fully saturated rings. The second kappa shape index (κ2) is 12.0. The van der Waals surface area contributed by atoms with Gasteiger partial charge in [-0.05, 0) is 91.3 Å². The Morgan fingerprint density at radius 3 is 0.900 bits per heavy atom. The summed E-state index contributed by atoms with van der Waals surface area (Å²) in [6, 6.07) is 22.3. The van der Waals surface area contributed by atoms with Crippen molar-refractivity contribution >= 4 is 15.8 Å². The summed E-state index contributed by atoms with van der Waals surface area (Å²) in [6.07, 6.45) is 2.35. The van der Waals surface area contributed by atoms with Crippen molar-refractivity contribution in [3.63, 3.8) is 0 Å². The third-order valence-corrected chi connectivity index (χ3v) is 16.0. The molecule has 0 nitrogen and oxygen atoms in total. The Balaban J connectivity index is 2.49. The molecule has 3 aromatic rings. The van der Waals surface area contributed by atoms with Crippen LogP contribution in [0.3, 0.4) is 0 Å². The Kier molecular flexibility index (Phi) is 9.93. The molecule has 0 N–H and O–H groups in total. The lowest BCUT2D eigenvalue weighted by Crippen LogP contribution is -2.28. The molecule has 218 valence electrons. The van der Waals surface area contributed by atoms with E-state index in [2.05, 4.69) is 158 Å². The summed E-state index contributed by atoms with van der Waals surface area (Å²) in [5.74, 6) is 0. The highest BCUT2D eigenvalue weighted by Gasteiger charge is 2.38. The second-order valence-electron chi connectivity index (χ2n) is 15.5. The van der Waals surface area contributed by atoms with E-state index in [9.17, 15) is 0 Å². The Morgan fingerprint density at radius 1 is 0.425 bits per heavy atom. The first-order chi connectivity index (χ1) is 18.2. The van der Waals surface area contributed by atoms with Crippen LogP contribution in [-0.2, 0) is 12.3 Å². The monoisotopic (exact) mass is 574 g/mol. The first kappa shape index (κ1) is 33.0. The lowest BCUT2D eigenvalue weighted by atomic mass is 9.83. The maximum Gasteiger partial charge on any atom is -0.00579 e. The second-order valence-corrected chi connectivity index (χ2v) is 23.3. The largest absolute Gasteiger partial charge is 0.0911 e. The molecule has 0 heterocycles. The van der Waals surface area contributed by atoms with Crippen LogP contribution in [0.5, 0.6) is 0 Å². The normalized spacial score (nSPS) is 13.4. The van der Waals surface area contributed by atoms with E-state index in [-0.39, 0.29) is 36.5 Å². The topological polar surface area (TPSA) is 0 Å². The van der Waals surface area contributed by atoms with Crippen molar-refractivity contribution in [1.82, 2.24) is 0 Å². The zero-order chi connectivity index (χ0) is 30.3. The standard InChI is InChI=1S/C38H56P2/c1-27-31(25-39(35(3,4)5)36(6,7)8)32(26-40(37(9,10)11)38(12,13)14)28(2)34(30-23-19-16-20-24-30)33(27)29-21-17-15-18-22-29/h15-24H,25-26H2,1-14H3. The fourth-order valence-corrected chi connectivity index (χ4v) is 14.2. The van der Waals surface area contributed by atoms with Gasteiger partial charge in [0.25, 0.3) is 0 Å². The molecular formula is C38H56P2. The highest BCUT2D eigenvalue weighted by molar-refractivity contribution is 7.60. The minimum Gasteiger partial charge on any atom is -0.0911 e. The van der Waals surface area contributed by atoms with Gasteiger partial charge in [-0.3, -0.25) is 0 Å². The van der Waals surface area contributed by atoms with Gasteiger partial charge in [0.1, 0.15) is 0 Å². The fourth-order valence-electron chi connectivity index (χ4n) is 6.77. The van der Waals surface area contributed by atoms with Crippen LogP contribution in [0.1, 0.15) is 105 Å². The summed E-state index contributed by atoms with van der Waals surface area (Å²) < 4.78 is 0. The van der Waals surface area contributed by atoms with Gasteiger partial charge in [0, 0.05) is 0 Å². The highest BCUT2D eigenvalue weighted by Crippen LogP contribution is 2.65. The van der Waals surface area contributed by atoms with Gasteiger partial charge in [-0.1, -0.05) is 160 Å². The summed E-state index contributed by atoms with van der Waals surface area (Å²) in [5.41, 5.74) is 11.8. The average molecular weight is 575 g/mol. The lowest BCUT2D eigenvalue weighted by molar-refractivity contribution is 0.699. The Labute approximate surface area is 250 Å². The maximum absolute atomic E-state index is 2.47. The zero-order valence-electron chi connectivity index (χ0n) is 28.1. The molecule has 0 aliphatic rings. The lowest BCUT2D eigenvalue weighted by Gasteiger charge is -2.44. The summed E-state index contributed by atoms with van der Waals surface area (Å²) in [5, 5.41) is 1.09. The zero-order valence-corrected chi connectivity index (χ0v) is 29.9. The van der Waals surface area contributed by atoms with E-state index in [0.717, 1.165) is 0 Å². The van der Waals surface area contributed by atoms with Gasteiger partial charge in [0.15, 0.2) is 0 Å². The third kappa shape index (κ3) is 7.47. The molecule has 3 rings (SSSR count). The summed E-state index contributed by atoms with van der Waals surface area (Å²) in [4.78, 5) is 0. The predicted octanol–water partition coefficient (Wildman–Crippen LogP) is 12.8. The number of hydrogen-bond acceptors (Lipinski definition) is 0. The van der Waals surface area contributed by atoms with E-state index >= 15 is 0 Å². The van der Waals surface area contributed by atoms with Crippen LogP contribution in [0.15, 0.2) is 60.7 Å². The Hall–Kier alpha value is -1.48. The van der Waals surface area contributed by atoms with E-state index in [0.29, 0.717) is 0 Å². The molecule has 0 radical (unpaired) electrons. The van der Waals surface area contributed by atoms with Crippen LogP contribution < -0.4 is 0 Å². The number of hydrogen-bond donors (Lipinski definition) is 0. The summed E-state index contributed by atoms with van der Waals surface area (Å²) in [7, 11) is -0.566. The van der Waals surface area contributed by atoms with E-state index in [1.807, 2.05) is 0 Å². The number of benzene rings is 3. The van der Waals surface area contributed by atoms with Crippen molar-refractivity contribution in [1.29, 1.82) is 0 Å². The van der Waals surface area contributed by atoms with E-state index < -0.39 is 0 Å². The molecule has 40 heavy (non-hydrogen) atoms. The summed E-state index contributed by atoms with van der Waals surface area (Å²) in [6.45, 7) is 34.5. The molecule has 2 heteroatoms. The molecule has 0 bridgehead atoms. The van der Waals surface area contributed by atoms with Crippen molar-refractivity contribution in [3.05, 3.63) is 82.9 Å². The van der Waals surface area contributed by atoms with E-state index in [4.69, 9.17) is 0 Å². The molecule has 0 aliphatic carbocycles. The average Bonchev–Trinajstić information content (AvgIpc) is 2.81. The highest BCUT2D eigenvalue weighted by atomic mass is 31.1. The first-order valence-corrected chi connectivity index (χ1v) is 18.1. The third-order valence-electron chi connectivity index (χ3n) is 8.27. The molecule has 0 saturated carbocycles. The van der Waals surface area contributed by atoms with Crippen LogP contribution >= 0.6 is 15.8 Å². The van der Waals surface area contributed by atoms with Crippen molar-refractivity contribution in [2.24, 2.45) is 0 Å². The predicted molar refractivity (Wildman–Crippen MR) is 187 cm³/mol. The van der Waals surface area contributed by atoms with Gasteiger partial charge < -0.3 is 0 Å². The molecule has 0 aromatic heterocycles. The first-order valence-electron chi connectivity index (χ1n) is 15.1. The van der Waals surface area contributed by atoms with Crippen molar-refractivity contribution in [2.45, 2.75) is 130 Å². The van der Waals surface area contributed by atoms with Crippen LogP contribution in [-0.4, -0.2) is 20.6 Å². The molecule has 0 unspecified atom stereocenters. The molecule has 0 aliphatic heterocycles. The fraction of sp³-hybridized carbons (Fsp3) is 0.526. The van der Waals surface area contributed by atoms with Crippen LogP contribution in [0.2, 0.25) is 0 Å². The van der Waals surface area contributed by atoms with E-state index in [1.54, 1.807) is 11.1 Å². The van der Waals surface area contributed by atoms with Crippen LogP contribution in [0.25, 0.3) is 22.3 Å². The van der Waals surface area contributed by atoms with Gasteiger partial charge in [0.05, 0.1) is 0 Å². The quantitative estimate of drug-likeness (QED) is 0.257.